The summed E-state index contributed by atoms with van der Waals surface area (Å²) in [6, 6.07) is 9.71. The van der Waals surface area contributed by atoms with Gasteiger partial charge >= 0.3 is 6.03 Å². The molecular formula is C16H19N3O. The smallest absolute Gasteiger partial charge is 0.319 e. The van der Waals surface area contributed by atoms with E-state index in [1.54, 1.807) is 6.20 Å². The fourth-order valence-corrected chi connectivity index (χ4v) is 1.90. The van der Waals surface area contributed by atoms with E-state index in [2.05, 4.69) is 15.6 Å². The van der Waals surface area contributed by atoms with Crippen LogP contribution >= 0.6 is 0 Å². The maximum Gasteiger partial charge on any atom is 0.319 e. The second kappa shape index (κ2) is 6.70. The van der Waals surface area contributed by atoms with Crippen LogP contribution in [0.25, 0.3) is 0 Å². The molecule has 0 aliphatic rings. The first-order chi connectivity index (χ1) is 9.65. The molecule has 104 valence electrons. The van der Waals surface area contributed by atoms with Crippen molar-refractivity contribution >= 4 is 11.7 Å². The summed E-state index contributed by atoms with van der Waals surface area (Å²) in [4.78, 5) is 15.9. The fraction of sp³-hybridized carbons (Fsp3) is 0.250. The number of hydrogen-bond acceptors (Lipinski definition) is 2. The van der Waals surface area contributed by atoms with Gasteiger partial charge in [0.1, 0.15) is 0 Å². The number of aryl methyl sites for hydroxylation is 2. The Morgan fingerprint density at radius 2 is 2.10 bits per heavy atom. The Kier molecular flexibility index (Phi) is 4.71. The number of amides is 2. The highest BCUT2D eigenvalue weighted by atomic mass is 16.2. The van der Waals surface area contributed by atoms with Crippen molar-refractivity contribution in [3.05, 3.63) is 59.4 Å². The standard InChI is InChI=1S/C16H19N3O/c1-12-5-6-13(2)15(10-12)19-16(20)18-9-7-14-4-3-8-17-11-14/h3-6,8,10-11H,7,9H2,1-2H3,(H2,18,19,20). The fourth-order valence-electron chi connectivity index (χ4n) is 1.90. The maximum absolute atomic E-state index is 11.8. The number of anilines is 1. The summed E-state index contributed by atoms with van der Waals surface area (Å²) >= 11 is 0. The predicted octanol–water partition coefficient (Wildman–Crippen LogP) is 3.06. The normalized spacial score (nSPS) is 10.1. The van der Waals surface area contributed by atoms with Crippen LogP contribution in [0.3, 0.4) is 0 Å². The Bertz CT molecular complexity index is 582. The van der Waals surface area contributed by atoms with Gasteiger partial charge in [0.15, 0.2) is 0 Å². The average molecular weight is 269 g/mol. The van der Waals surface area contributed by atoms with Crippen LogP contribution in [0, 0.1) is 13.8 Å². The number of hydrogen-bond donors (Lipinski definition) is 2. The summed E-state index contributed by atoms with van der Waals surface area (Å²) in [5.41, 5.74) is 4.14. The van der Waals surface area contributed by atoms with Crippen LogP contribution in [0.4, 0.5) is 10.5 Å². The lowest BCUT2D eigenvalue weighted by molar-refractivity contribution is 0.252. The third-order valence-corrected chi connectivity index (χ3v) is 3.06. The molecule has 0 saturated carbocycles. The molecule has 1 aromatic carbocycles. The molecular weight excluding hydrogens is 250 g/mol. The van der Waals surface area contributed by atoms with Gasteiger partial charge in [-0.05, 0) is 49.1 Å². The molecule has 0 aliphatic heterocycles. The summed E-state index contributed by atoms with van der Waals surface area (Å²) in [7, 11) is 0. The van der Waals surface area contributed by atoms with Crippen LogP contribution < -0.4 is 10.6 Å². The highest BCUT2D eigenvalue weighted by molar-refractivity contribution is 5.90. The van der Waals surface area contributed by atoms with Gasteiger partial charge in [-0.15, -0.1) is 0 Å². The number of rotatable bonds is 4. The van der Waals surface area contributed by atoms with Gasteiger partial charge in [0.2, 0.25) is 0 Å². The van der Waals surface area contributed by atoms with Crippen molar-refractivity contribution in [2.75, 3.05) is 11.9 Å². The minimum absolute atomic E-state index is 0.178. The Labute approximate surface area is 119 Å². The molecule has 0 atom stereocenters. The molecule has 0 bridgehead atoms. The van der Waals surface area contributed by atoms with E-state index in [0.29, 0.717) is 6.54 Å². The zero-order chi connectivity index (χ0) is 14.4. The van der Waals surface area contributed by atoms with Crippen LogP contribution in [0.2, 0.25) is 0 Å². The molecule has 2 N–H and O–H groups in total. The van der Waals surface area contributed by atoms with E-state index in [1.807, 2.05) is 50.4 Å². The largest absolute Gasteiger partial charge is 0.338 e. The van der Waals surface area contributed by atoms with Crippen LogP contribution in [0.15, 0.2) is 42.7 Å². The number of nitrogens with one attached hydrogen (secondary N) is 2. The Hall–Kier alpha value is -2.36. The number of pyridine rings is 1. The summed E-state index contributed by atoms with van der Waals surface area (Å²) in [5.74, 6) is 0. The van der Waals surface area contributed by atoms with Crippen molar-refractivity contribution in [3.8, 4) is 0 Å². The third-order valence-electron chi connectivity index (χ3n) is 3.06. The molecule has 0 fully saturated rings. The number of benzene rings is 1. The number of carbonyl (C=O) groups excluding carboxylic acids is 1. The molecule has 20 heavy (non-hydrogen) atoms. The van der Waals surface area contributed by atoms with Crippen LogP contribution in [0.5, 0.6) is 0 Å². The SMILES string of the molecule is Cc1ccc(C)c(NC(=O)NCCc2cccnc2)c1. The third kappa shape index (κ3) is 4.09. The summed E-state index contributed by atoms with van der Waals surface area (Å²) < 4.78 is 0. The zero-order valence-corrected chi connectivity index (χ0v) is 11.8. The first-order valence-electron chi connectivity index (χ1n) is 6.66. The van der Waals surface area contributed by atoms with Gasteiger partial charge in [0.25, 0.3) is 0 Å². The van der Waals surface area contributed by atoms with Crippen molar-refractivity contribution in [1.82, 2.24) is 10.3 Å². The quantitative estimate of drug-likeness (QED) is 0.896. The molecule has 0 unspecified atom stereocenters. The summed E-state index contributed by atoms with van der Waals surface area (Å²) in [6.45, 7) is 4.57. The second-order valence-electron chi connectivity index (χ2n) is 4.81. The molecule has 0 saturated heterocycles. The van der Waals surface area contributed by atoms with Crippen molar-refractivity contribution in [2.45, 2.75) is 20.3 Å². The highest BCUT2D eigenvalue weighted by Crippen LogP contribution is 2.15. The molecule has 0 spiro atoms. The van der Waals surface area contributed by atoms with Crippen LogP contribution in [0.1, 0.15) is 16.7 Å². The molecule has 0 radical (unpaired) electrons. The Morgan fingerprint density at radius 1 is 1.25 bits per heavy atom. The van der Waals surface area contributed by atoms with E-state index in [4.69, 9.17) is 0 Å². The van der Waals surface area contributed by atoms with Gasteiger partial charge in [-0.1, -0.05) is 18.2 Å². The zero-order valence-electron chi connectivity index (χ0n) is 11.8. The van der Waals surface area contributed by atoms with Gasteiger partial charge in [-0.25, -0.2) is 4.79 Å². The van der Waals surface area contributed by atoms with Crippen molar-refractivity contribution < 1.29 is 4.79 Å². The van der Waals surface area contributed by atoms with Gasteiger partial charge in [-0.2, -0.15) is 0 Å². The molecule has 1 heterocycles. The Morgan fingerprint density at radius 3 is 2.85 bits per heavy atom. The molecule has 2 amide bonds. The van der Waals surface area contributed by atoms with E-state index in [-0.39, 0.29) is 6.03 Å². The first-order valence-corrected chi connectivity index (χ1v) is 6.66. The average Bonchev–Trinajstić information content (AvgIpc) is 2.44. The highest BCUT2D eigenvalue weighted by Gasteiger charge is 2.04. The van der Waals surface area contributed by atoms with E-state index in [1.165, 1.54) is 0 Å². The molecule has 2 rings (SSSR count). The predicted molar refractivity (Wildman–Crippen MR) is 80.9 cm³/mol. The van der Waals surface area contributed by atoms with E-state index in [9.17, 15) is 4.79 Å². The van der Waals surface area contributed by atoms with Crippen molar-refractivity contribution in [3.63, 3.8) is 0 Å². The minimum atomic E-state index is -0.178. The van der Waals surface area contributed by atoms with Crippen molar-refractivity contribution in [2.24, 2.45) is 0 Å². The molecule has 4 heteroatoms. The van der Waals surface area contributed by atoms with E-state index >= 15 is 0 Å². The topological polar surface area (TPSA) is 54.0 Å². The first kappa shape index (κ1) is 14.1. The second-order valence-corrected chi connectivity index (χ2v) is 4.81. The summed E-state index contributed by atoms with van der Waals surface area (Å²) in [6.07, 6.45) is 4.32. The van der Waals surface area contributed by atoms with Crippen molar-refractivity contribution in [1.29, 1.82) is 0 Å². The van der Waals surface area contributed by atoms with E-state index in [0.717, 1.165) is 28.8 Å². The Balaban J connectivity index is 1.82. The van der Waals surface area contributed by atoms with Gasteiger partial charge in [-0.3, -0.25) is 4.98 Å². The lowest BCUT2D eigenvalue weighted by Gasteiger charge is -2.10. The number of carbonyl (C=O) groups is 1. The number of urea groups is 1. The monoisotopic (exact) mass is 269 g/mol. The number of nitrogens with zero attached hydrogens (tertiary/aromatic N) is 1. The molecule has 2 aromatic rings. The molecule has 1 aromatic heterocycles. The molecule has 0 aliphatic carbocycles. The minimum Gasteiger partial charge on any atom is -0.338 e. The van der Waals surface area contributed by atoms with Gasteiger partial charge < -0.3 is 10.6 Å². The van der Waals surface area contributed by atoms with Crippen LogP contribution in [-0.4, -0.2) is 17.6 Å². The maximum atomic E-state index is 11.8. The summed E-state index contributed by atoms with van der Waals surface area (Å²) in [5, 5.41) is 5.72. The lowest BCUT2D eigenvalue weighted by atomic mass is 10.1. The van der Waals surface area contributed by atoms with Crippen LogP contribution in [-0.2, 0) is 6.42 Å². The van der Waals surface area contributed by atoms with E-state index < -0.39 is 0 Å². The van der Waals surface area contributed by atoms with Gasteiger partial charge in [0, 0.05) is 24.6 Å². The molecule has 4 nitrogen and oxygen atoms in total. The lowest BCUT2D eigenvalue weighted by Crippen LogP contribution is -2.30. The number of aromatic nitrogens is 1. The van der Waals surface area contributed by atoms with Gasteiger partial charge in [0.05, 0.1) is 0 Å².